The smallest absolute Gasteiger partial charge is 0.251 e. The lowest BCUT2D eigenvalue weighted by molar-refractivity contribution is -0.143. The highest BCUT2D eigenvalue weighted by Gasteiger charge is 2.28. The summed E-state index contributed by atoms with van der Waals surface area (Å²) in [6.45, 7) is 6.98. The molecule has 2 amide bonds. The molecule has 1 heterocycles. The summed E-state index contributed by atoms with van der Waals surface area (Å²) >= 11 is 0. The molecule has 0 radical (unpaired) electrons. The third kappa shape index (κ3) is 4.31. The van der Waals surface area contributed by atoms with E-state index in [4.69, 9.17) is 4.74 Å². The molecule has 22 heavy (non-hydrogen) atoms. The van der Waals surface area contributed by atoms with E-state index in [9.17, 15) is 9.59 Å². The van der Waals surface area contributed by atoms with Crippen molar-refractivity contribution < 1.29 is 14.3 Å². The van der Waals surface area contributed by atoms with Crippen molar-refractivity contribution in [2.45, 2.75) is 45.4 Å². The van der Waals surface area contributed by atoms with E-state index < -0.39 is 0 Å². The molecule has 1 aliphatic heterocycles. The van der Waals surface area contributed by atoms with E-state index in [1.54, 1.807) is 12.1 Å². The van der Waals surface area contributed by atoms with Gasteiger partial charge in [-0.25, -0.2) is 0 Å². The molecular weight excluding hydrogens is 280 g/mol. The predicted octanol–water partition coefficient (Wildman–Crippen LogP) is 1.83. The van der Waals surface area contributed by atoms with Crippen molar-refractivity contribution in [3.63, 3.8) is 0 Å². The Morgan fingerprint density at radius 1 is 1.32 bits per heavy atom. The molecule has 0 aromatic heterocycles. The molecule has 1 N–H and O–H groups in total. The zero-order chi connectivity index (χ0) is 16.1. The fourth-order valence-corrected chi connectivity index (χ4v) is 2.58. The maximum atomic E-state index is 12.4. The topological polar surface area (TPSA) is 58.6 Å². The summed E-state index contributed by atoms with van der Waals surface area (Å²) in [5, 5.41) is 2.87. The Morgan fingerprint density at radius 2 is 2.00 bits per heavy atom. The van der Waals surface area contributed by atoms with Crippen molar-refractivity contribution in [2.24, 2.45) is 0 Å². The Bertz CT molecular complexity index is 518. The quantitative estimate of drug-likeness (QED) is 0.923. The number of nitrogens with one attached hydrogen (secondary N) is 1. The van der Waals surface area contributed by atoms with E-state index in [-0.39, 0.29) is 30.0 Å². The number of ether oxygens (including phenoxy) is 1. The number of carbonyl (C=O) groups excluding carboxylic acids is 2. The third-order valence-electron chi connectivity index (χ3n) is 3.82. The Labute approximate surface area is 131 Å². The molecule has 0 saturated carbocycles. The zero-order valence-electron chi connectivity index (χ0n) is 13.4. The van der Waals surface area contributed by atoms with Gasteiger partial charge in [0.1, 0.15) is 0 Å². The Balaban J connectivity index is 1.87. The number of hydrogen-bond donors (Lipinski definition) is 1. The average Bonchev–Trinajstić information content (AvgIpc) is 2.50. The van der Waals surface area contributed by atoms with E-state index in [0.29, 0.717) is 25.1 Å². The van der Waals surface area contributed by atoms with Crippen molar-refractivity contribution in [1.29, 1.82) is 0 Å². The molecule has 0 spiro atoms. The molecule has 1 aromatic carbocycles. The Hall–Kier alpha value is -1.88. The molecule has 3 atom stereocenters. The van der Waals surface area contributed by atoms with Crippen LogP contribution in [0.1, 0.15) is 37.6 Å². The maximum absolute atomic E-state index is 12.4. The lowest BCUT2D eigenvalue weighted by Gasteiger charge is -2.37. The SMILES string of the molecule is CC(CC(=O)N1CC(C)OCC1C)NC(=O)c1ccccc1. The van der Waals surface area contributed by atoms with Crippen LogP contribution in [0.4, 0.5) is 0 Å². The van der Waals surface area contributed by atoms with Gasteiger partial charge in [0.2, 0.25) is 5.91 Å². The summed E-state index contributed by atoms with van der Waals surface area (Å²) in [7, 11) is 0. The molecule has 1 aliphatic rings. The van der Waals surface area contributed by atoms with Crippen LogP contribution in [0.3, 0.4) is 0 Å². The van der Waals surface area contributed by atoms with E-state index in [1.807, 2.05) is 43.9 Å². The van der Waals surface area contributed by atoms with E-state index in [0.717, 1.165) is 0 Å². The van der Waals surface area contributed by atoms with Crippen LogP contribution in [0.15, 0.2) is 30.3 Å². The van der Waals surface area contributed by atoms with Crippen LogP contribution in [-0.4, -0.2) is 48.1 Å². The summed E-state index contributed by atoms with van der Waals surface area (Å²) in [6, 6.07) is 8.91. The van der Waals surface area contributed by atoms with Gasteiger partial charge in [0, 0.05) is 24.6 Å². The second kappa shape index (κ2) is 7.40. The molecule has 0 bridgehead atoms. The molecule has 120 valence electrons. The average molecular weight is 304 g/mol. The van der Waals surface area contributed by atoms with E-state index >= 15 is 0 Å². The van der Waals surface area contributed by atoms with Gasteiger partial charge in [-0.15, -0.1) is 0 Å². The van der Waals surface area contributed by atoms with Crippen LogP contribution >= 0.6 is 0 Å². The molecule has 1 aromatic rings. The van der Waals surface area contributed by atoms with Crippen LogP contribution in [-0.2, 0) is 9.53 Å². The predicted molar refractivity (Wildman–Crippen MR) is 84.6 cm³/mol. The highest BCUT2D eigenvalue weighted by molar-refractivity contribution is 5.94. The van der Waals surface area contributed by atoms with Gasteiger partial charge in [0.15, 0.2) is 0 Å². The molecule has 1 fully saturated rings. The monoisotopic (exact) mass is 304 g/mol. The highest BCUT2D eigenvalue weighted by atomic mass is 16.5. The molecule has 0 aliphatic carbocycles. The minimum absolute atomic E-state index is 0.0588. The highest BCUT2D eigenvalue weighted by Crippen LogP contribution is 2.13. The fourth-order valence-electron chi connectivity index (χ4n) is 2.58. The number of hydrogen-bond acceptors (Lipinski definition) is 3. The summed E-state index contributed by atoms with van der Waals surface area (Å²) in [6.07, 6.45) is 0.365. The Kier molecular flexibility index (Phi) is 5.55. The summed E-state index contributed by atoms with van der Waals surface area (Å²) in [5.41, 5.74) is 0.607. The third-order valence-corrected chi connectivity index (χ3v) is 3.82. The van der Waals surface area contributed by atoms with Gasteiger partial charge in [0.05, 0.1) is 18.8 Å². The van der Waals surface area contributed by atoms with Crippen LogP contribution in [0.2, 0.25) is 0 Å². The van der Waals surface area contributed by atoms with Gasteiger partial charge in [-0.3, -0.25) is 9.59 Å². The standard InChI is InChI=1S/C17H24N2O3/c1-12(18-17(21)15-7-5-4-6-8-15)9-16(20)19-10-14(3)22-11-13(19)2/h4-8,12-14H,9-11H2,1-3H3,(H,18,21). The minimum atomic E-state index is -0.203. The van der Waals surface area contributed by atoms with Crippen molar-refractivity contribution in [3.05, 3.63) is 35.9 Å². The van der Waals surface area contributed by atoms with Crippen molar-refractivity contribution >= 4 is 11.8 Å². The second-order valence-corrected chi connectivity index (χ2v) is 5.98. The Morgan fingerprint density at radius 3 is 2.68 bits per heavy atom. The number of carbonyl (C=O) groups is 2. The largest absolute Gasteiger partial charge is 0.375 e. The lowest BCUT2D eigenvalue weighted by Crippen LogP contribution is -2.51. The molecule has 1 saturated heterocycles. The van der Waals surface area contributed by atoms with Gasteiger partial charge >= 0.3 is 0 Å². The van der Waals surface area contributed by atoms with Gasteiger partial charge in [-0.1, -0.05) is 18.2 Å². The number of benzene rings is 1. The molecule has 5 heteroatoms. The first kappa shape index (κ1) is 16.5. The first-order valence-electron chi connectivity index (χ1n) is 7.74. The van der Waals surface area contributed by atoms with Crippen LogP contribution < -0.4 is 5.32 Å². The van der Waals surface area contributed by atoms with Crippen LogP contribution in [0, 0.1) is 0 Å². The van der Waals surface area contributed by atoms with Crippen molar-refractivity contribution in [3.8, 4) is 0 Å². The van der Waals surface area contributed by atoms with E-state index in [1.165, 1.54) is 0 Å². The fraction of sp³-hybridized carbons (Fsp3) is 0.529. The van der Waals surface area contributed by atoms with Crippen LogP contribution in [0.25, 0.3) is 0 Å². The summed E-state index contributed by atoms with van der Waals surface area (Å²) in [5.74, 6) is -0.0900. The van der Waals surface area contributed by atoms with Crippen molar-refractivity contribution in [1.82, 2.24) is 10.2 Å². The normalized spacial score (nSPS) is 23.0. The van der Waals surface area contributed by atoms with Gasteiger partial charge < -0.3 is 15.0 Å². The first-order valence-corrected chi connectivity index (χ1v) is 7.74. The second-order valence-electron chi connectivity index (χ2n) is 5.98. The number of amides is 2. The van der Waals surface area contributed by atoms with Crippen molar-refractivity contribution in [2.75, 3.05) is 13.2 Å². The summed E-state index contributed by atoms with van der Waals surface area (Å²) in [4.78, 5) is 26.3. The zero-order valence-corrected chi connectivity index (χ0v) is 13.4. The number of rotatable bonds is 4. The molecule has 5 nitrogen and oxygen atoms in total. The van der Waals surface area contributed by atoms with E-state index in [2.05, 4.69) is 5.32 Å². The first-order chi connectivity index (χ1) is 10.5. The summed E-state index contributed by atoms with van der Waals surface area (Å²) < 4.78 is 5.53. The molecular formula is C17H24N2O3. The van der Waals surface area contributed by atoms with Gasteiger partial charge in [0.25, 0.3) is 5.91 Å². The minimum Gasteiger partial charge on any atom is -0.375 e. The number of morpholine rings is 1. The number of nitrogens with zero attached hydrogens (tertiary/aromatic N) is 1. The molecule has 3 unspecified atom stereocenters. The van der Waals surface area contributed by atoms with Gasteiger partial charge in [-0.2, -0.15) is 0 Å². The lowest BCUT2D eigenvalue weighted by atomic mass is 10.1. The molecule has 2 rings (SSSR count). The van der Waals surface area contributed by atoms with Crippen LogP contribution in [0.5, 0.6) is 0 Å². The van der Waals surface area contributed by atoms with Gasteiger partial charge in [-0.05, 0) is 32.9 Å². The maximum Gasteiger partial charge on any atom is 0.251 e.